The van der Waals surface area contributed by atoms with E-state index in [-0.39, 0.29) is 5.41 Å². The summed E-state index contributed by atoms with van der Waals surface area (Å²) in [5.74, 6) is 0. The molecule has 10 heavy (non-hydrogen) atoms. The van der Waals surface area contributed by atoms with Crippen molar-refractivity contribution in [1.82, 2.24) is 0 Å². The molecule has 0 aliphatic carbocycles. The lowest BCUT2D eigenvalue weighted by atomic mass is 9.98. The van der Waals surface area contributed by atoms with Gasteiger partial charge < -0.3 is 10.0 Å². The van der Waals surface area contributed by atoms with Gasteiger partial charge in [0.05, 0.1) is 0 Å². The predicted octanol–water partition coefficient (Wildman–Crippen LogP) is 1.56. The molecule has 0 unspecified atom stereocenters. The molecule has 0 saturated heterocycles. The molecule has 0 spiro atoms. The molecular formula is C6H14N2O2. The van der Waals surface area contributed by atoms with Crippen LogP contribution in [0.2, 0.25) is 0 Å². The van der Waals surface area contributed by atoms with Crippen molar-refractivity contribution in [3.63, 3.8) is 0 Å². The Labute approximate surface area is 61.0 Å². The molecule has 0 radical (unpaired) electrons. The summed E-state index contributed by atoms with van der Waals surface area (Å²) in [5.41, 5.74) is -0.0379. The van der Waals surface area contributed by atoms with E-state index < -0.39 is 0 Å². The molecule has 0 rings (SSSR count). The zero-order chi connectivity index (χ0) is 8.20. The Hall–Kier alpha value is -0.800. The van der Waals surface area contributed by atoms with Gasteiger partial charge in [-0.15, -0.1) is 0 Å². The van der Waals surface area contributed by atoms with Crippen molar-refractivity contribution in [2.45, 2.75) is 20.8 Å². The SMILES string of the molecule is CON=[N+]([O-])CC(C)(C)C. The van der Waals surface area contributed by atoms with E-state index in [1.807, 2.05) is 20.8 Å². The average molecular weight is 146 g/mol. The van der Waals surface area contributed by atoms with Crippen LogP contribution in [-0.4, -0.2) is 18.5 Å². The van der Waals surface area contributed by atoms with E-state index >= 15 is 0 Å². The lowest BCUT2D eigenvalue weighted by Crippen LogP contribution is -2.19. The normalized spacial score (nSPS) is 13.4. The highest BCUT2D eigenvalue weighted by Gasteiger charge is 2.16. The van der Waals surface area contributed by atoms with Crippen molar-refractivity contribution in [3.8, 4) is 0 Å². The first-order chi connectivity index (χ1) is 4.45. The van der Waals surface area contributed by atoms with Gasteiger partial charge >= 0.3 is 0 Å². The molecular weight excluding hydrogens is 132 g/mol. The summed E-state index contributed by atoms with van der Waals surface area (Å²) in [4.78, 5) is 4.83. The maximum absolute atomic E-state index is 10.7. The van der Waals surface area contributed by atoms with Crippen LogP contribution < -0.4 is 0 Å². The molecule has 0 aromatic rings. The molecule has 0 saturated carbocycles. The van der Waals surface area contributed by atoms with E-state index in [4.69, 9.17) is 0 Å². The minimum Gasteiger partial charge on any atom is -0.597 e. The summed E-state index contributed by atoms with van der Waals surface area (Å²) in [6.07, 6.45) is 0. The van der Waals surface area contributed by atoms with Crippen molar-refractivity contribution in [1.29, 1.82) is 0 Å². The van der Waals surface area contributed by atoms with E-state index in [1.165, 1.54) is 7.11 Å². The third kappa shape index (κ3) is 5.34. The highest BCUT2D eigenvalue weighted by Crippen LogP contribution is 2.12. The van der Waals surface area contributed by atoms with Gasteiger partial charge in [-0.1, -0.05) is 25.6 Å². The Morgan fingerprint density at radius 3 is 2.30 bits per heavy atom. The molecule has 0 bridgehead atoms. The monoisotopic (exact) mass is 146 g/mol. The summed E-state index contributed by atoms with van der Waals surface area (Å²) < 4.78 is 0. The Balaban J connectivity index is 3.79. The van der Waals surface area contributed by atoms with Gasteiger partial charge in [-0.05, 0) is 0 Å². The van der Waals surface area contributed by atoms with E-state index in [0.29, 0.717) is 11.4 Å². The standard InChI is InChI=1S/C6H14N2O2/c1-6(2,3)5-8(9)7-10-4/h5H2,1-4H3. The van der Waals surface area contributed by atoms with E-state index in [9.17, 15) is 5.21 Å². The maximum Gasteiger partial charge on any atom is 0.199 e. The number of hydrogen-bond acceptors (Lipinski definition) is 3. The van der Waals surface area contributed by atoms with Crippen LogP contribution in [0.1, 0.15) is 20.8 Å². The first-order valence-corrected chi connectivity index (χ1v) is 3.14. The van der Waals surface area contributed by atoms with Crippen LogP contribution in [0.15, 0.2) is 5.28 Å². The van der Waals surface area contributed by atoms with Crippen molar-refractivity contribution < 1.29 is 9.70 Å². The lowest BCUT2D eigenvalue weighted by Gasteiger charge is -2.13. The van der Waals surface area contributed by atoms with Gasteiger partial charge in [0, 0.05) is 5.41 Å². The lowest BCUT2D eigenvalue weighted by molar-refractivity contribution is -0.568. The second kappa shape index (κ2) is 3.39. The van der Waals surface area contributed by atoms with Crippen LogP contribution in [0.3, 0.4) is 0 Å². The Morgan fingerprint density at radius 2 is 2.00 bits per heavy atom. The van der Waals surface area contributed by atoms with Gasteiger partial charge in [0.15, 0.2) is 11.8 Å². The maximum atomic E-state index is 10.7. The van der Waals surface area contributed by atoms with Crippen molar-refractivity contribution >= 4 is 0 Å². The zero-order valence-corrected chi connectivity index (χ0v) is 6.92. The molecule has 0 atom stereocenters. The molecule has 0 N–H and O–H groups in total. The largest absolute Gasteiger partial charge is 0.597 e. The van der Waals surface area contributed by atoms with Crippen LogP contribution in [0.4, 0.5) is 0 Å². The highest BCUT2D eigenvalue weighted by atomic mass is 16.7. The van der Waals surface area contributed by atoms with E-state index in [2.05, 4.69) is 10.1 Å². The average Bonchev–Trinajstić information content (AvgIpc) is 1.59. The molecule has 0 amide bonds. The predicted molar refractivity (Wildman–Crippen MR) is 37.4 cm³/mol. The van der Waals surface area contributed by atoms with Gasteiger partial charge in [0.2, 0.25) is 0 Å². The Kier molecular flexibility index (Phi) is 3.12. The van der Waals surface area contributed by atoms with Crippen LogP contribution in [0.25, 0.3) is 0 Å². The molecule has 4 heteroatoms. The van der Waals surface area contributed by atoms with Gasteiger partial charge in [-0.25, -0.2) is 0 Å². The second-order valence-electron chi connectivity index (χ2n) is 3.34. The fourth-order valence-electron chi connectivity index (χ4n) is 0.526. The van der Waals surface area contributed by atoms with Gasteiger partial charge in [0.1, 0.15) is 7.11 Å². The third-order valence-electron chi connectivity index (χ3n) is 0.782. The summed E-state index contributed by atoms with van der Waals surface area (Å²) in [7, 11) is 1.35. The fraction of sp³-hybridized carbons (Fsp3) is 1.00. The van der Waals surface area contributed by atoms with E-state index in [1.54, 1.807) is 0 Å². The van der Waals surface area contributed by atoms with Crippen LogP contribution in [-0.2, 0) is 4.84 Å². The minimum atomic E-state index is -0.0379. The Morgan fingerprint density at radius 1 is 1.50 bits per heavy atom. The van der Waals surface area contributed by atoms with Crippen LogP contribution in [0, 0.1) is 10.6 Å². The van der Waals surface area contributed by atoms with E-state index in [0.717, 1.165) is 0 Å². The summed E-state index contributed by atoms with van der Waals surface area (Å²) in [6, 6.07) is 0. The van der Waals surface area contributed by atoms with Crippen LogP contribution >= 0.6 is 0 Å². The number of hydroxylamine groups is 1. The second-order valence-corrected chi connectivity index (χ2v) is 3.34. The summed E-state index contributed by atoms with van der Waals surface area (Å²) in [6.45, 7) is 6.23. The van der Waals surface area contributed by atoms with Crippen molar-refractivity contribution in [2.75, 3.05) is 13.7 Å². The first kappa shape index (κ1) is 9.20. The third-order valence-corrected chi connectivity index (χ3v) is 0.782. The zero-order valence-electron chi connectivity index (χ0n) is 6.92. The minimum absolute atomic E-state index is 0.0379. The van der Waals surface area contributed by atoms with Gasteiger partial charge in [-0.3, -0.25) is 0 Å². The molecule has 0 aromatic carbocycles. The number of rotatable bonds is 2. The number of nitrogens with zero attached hydrogens (tertiary/aromatic N) is 2. The molecule has 0 aromatic heterocycles. The number of hydrogen-bond donors (Lipinski definition) is 0. The molecule has 60 valence electrons. The summed E-state index contributed by atoms with van der Waals surface area (Å²) in [5, 5.41) is 13.9. The molecule has 0 aliphatic rings. The molecule has 0 heterocycles. The molecule has 0 aliphatic heterocycles. The fourth-order valence-corrected chi connectivity index (χ4v) is 0.526. The van der Waals surface area contributed by atoms with Crippen molar-refractivity contribution in [2.24, 2.45) is 10.7 Å². The highest BCUT2D eigenvalue weighted by molar-refractivity contribution is 4.56. The van der Waals surface area contributed by atoms with Crippen molar-refractivity contribution in [3.05, 3.63) is 5.21 Å². The summed E-state index contributed by atoms with van der Waals surface area (Å²) >= 11 is 0. The van der Waals surface area contributed by atoms with Crippen LogP contribution in [0.5, 0.6) is 0 Å². The smallest absolute Gasteiger partial charge is 0.199 e. The topological polar surface area (TPSA) is 47.7 Å². The Bertz CT molecular complexity index is 126. The molecule has 4 nitrogen and oxygen atoms in total. The van der Waals surface area contributed by atoms with Gasteiger partial charge in [-0.2, -0.15) is 0 Å². The molecule has 0 fully saturated rings. The first-order valence-electron chi connectivity index (χ1n) is 3.14. The quantitative estimate of drug-likeness (QED) is 0.337. The van der Waals surface area contributed by atoms with Gasteiger partial charge in [0.25, 0.3) is 0 Å².